The second kappa shape index (κ2) is 13.1. The Morgan fingerprint density at radius 3 is 2.37 bits per heavy atom. The van der Waals surface area contributed by atoms with E-state index in [0.717, 1.165) is 42.3 Å². The third kappa shape index (κ3) is 6.06. The van der Waals surface area contributed by atoms with Gasteiger partial charge in [0.25, 0.3) is 0 Å². The second-order valence-electron chi connectivity index (χ2n) is 9.93. The van der Waals surface area contributed by atoms with Gasteiger partial charge in [-0.15, -0.1) is 35.3 Å². The van der Waals surface area contributed by atoms with Crippen LogP contribution < -0.4 is 0 Å². The van der Waals surface area contributed by atoms with Crippen LogP contribution in [0.25, 0.3) is 32.8 Å². The summed E-state index contributed by atoms with van der Waals surface area (Å²) >= 11 is 1.82. The number of aromatic nitrogens is 1. The number of ketones is 1. The zero-order chi connectivity index (χ0) is 26.6. The molecule has 1 N–H and O–H groups in total. The summed E-state index contributed by atoms with van der Waals surface area (Å²) in [6.07, 6.45) is 6.72. The third-order valence-corrected chi connectivity index (χ3v) is 8.90. The second-order valence-corrected chi connectivity index (χ2v) is 11.0. The minimum Gasteiger partial charge on any atom is -0.512 e. The molecular weight excluding hydrogens is 667 g/mol. The number of rotatable bonds is 7. The Kier molecular flexibility index (Phi) is 10.3. The van der Waals surface area contributed by atoms with Crippen molar-refractivity contribution >= 4 is 39.1 Å². The average molecular weight is 703 g/mol. The molecule has 0 spiro atoms. The number of aliphatic hydroxyl groups is 1. The molecule has 1 aliphatic heterocycles. The van der Waals surface area contributed by atoms with Gasteiger partial charge in [0.05, 0.1) is 5.76 Å². The number of carbonyl (C=O) groups excluding carboxylic acids is 1. The van der Waals surface area contributed by atoms with Gasteiger partial charge in [0.1, 0.15) is 0 Å². The summed E-state index contributed by atoms with van der Waals surface area (Å²) in [7, 11) is 0. The molecule has 0 saturated carbocycles. The van der Waals surface area contributed by atoms with Crippen LogP contribution in [0.4, 0.5) is 0 Å². The van der Waals surface area contributed by atoms with Gasteiger partial charge >= 0.3 is 0 Å². The van der Waals surface area contributed by atoms with Gasteiger partial charge in [-0.1, -0.05) is 75.9 Å². The summed E-state index contributed by atoms with van der Waals surface area (Å²) < 4.78 is 0. The molecule has 5 heteroatoms. The average Bonchev–Trinajstić information content (AvgIpc) is 2.93. The zero-order valence-corrected chi connectivity index (χ0v) is 26.0. The molecule has 0 saturated heterocycles. The number of fused-ring (bicyclic) bond motifs is 3. The SMILES string of the molecule is CCC(CC)/C(O)=C/C(=O)C(C)(CC)CC.[Ir].[c-]1c2c(cc3ccccc13)Sc1cccc3ccnc-2c13. The molecule has 3 aromatic carbocycles. The van der Waals surface area contributed by atoms with E-state index < -0.39 is 0 Å². The zero-order valence-electron chi connectivity index (χ0n) is 22.8. The van der Waals surface area contributed by atoms with E-state index in [2.05, 4.69) is 65.6 Å². The van der Waals surface area contributed by atoms with Crippen molar-refractivity contribution in [3.63, 3.8) is 0 Å². The molecule has 0 amide bonds. The van der Waals surface area contributed by atoms with Gasteiger partial charge in [-0.2, -0.15) is 0 Å². The van der Waals surface area contributed by atoms with Crippen molar-refractivity contribution in [1.82, 2.24) is 4.98 Å². The molecule has 2 heterocycles. The number of pyridine rings is 1. The van der Waals surface area contributed by atoms with Gasteiger partial charge < -0.3 is 5.11 Å². The van der Waals surface area contributed by atoms with E-state index in [-0.39, 0.29) is 43.0 Å². The van der Waals surface area contributed by atoms with E-state index in [1.54, 1.807) is 0 Å². The third-order valence-electron chi connectivity index (χ3n) is 7.80. The first-order chi connectivity index (χ1) is 17.8. The van der Waals surface area contributed by atoms with E-state index in [9.17, 15) is 9.90 Å². The largest absolute Gasteiger partial charge is 0.512 e. The fourth-order valence-electron chi connectivity index (χ4n) is 4.72. The molecule has 0 unspecified atom stereocenters. The van der Waals surface area contributed by atoms with Crippen LogP contribution in [0, 0.1) is 17.4 Å². The standard InChI is InChI=1S/C19H10NS.C14H26O2.Ir/c1-2-5-14-11-17-15(10-13(14)4-1)19-18-12(8-9-20-19)6-3-7-16(18)21-17;1-6-11(7-2)12(15)10-13(16)14(5,8-3)9-4;/h1-9,11H;10-11,15H,6-9H2,1-5H3;/q-1;;/b;12-10-;. The first kappa shape index (κ1) is 30.1. The van der Waals surface area contributed by atoms with Gasteiger partial charge in [-0.05, 0) is 53.5 Å². The molecule has 1 aromatic heterocycles. The number of benzene rings is 3. The van der Waals surface area contributed by atoms with E-state index >= 15 is 0 Å². The van der Waals surface area contributed by atoms with Crippen LogP contribution in [0.3, 0.4) is 0 Å². The van der Waals surface area contributed by atoms with Crippen molar-refractivity contribution in [2.45, 2.75) is 70.1 Å². The normalized spacial score (nSPS) is 12.5. The Labute approximate surface area is 244 Å². The molecule has 201 valence electrons. The van der Waals surface area contributed by atoms with Gasteiger partial charge in [-0.25, -0.2) is 0 Å². The van der Waals surface area contributed by atoms with Crippen LogP contribution in [-0.2, 0) is 24.9 Å². The smallest absolute Gasteiger partial charge is 0.164 e. The predicted octanol–water partition coefficient (Wildman–Crippen LogP) is 9.58. The molecule has 0 atom stereocenters. The number of carbonyl (C=O) groups is 1. The van der Waals surface area contributed by atoms with E-state index in [4.69, 9.17) is 0 Å². The summed E-state index contributed by atoms with van der Waals surface area (Å²) in [5.41, 5.74) is 1.87. The fraction of sp³-hybridized carbons (Fsp3) is 0.333. The van der Waals surface area contributed by atoms with Crippen molar-refractivity contribution in [3.8, 4) is 11.3 Å². The van der Waals surface area contributed by atoms with Crippen LogP contribution in [0.15, 0.2) is 82.4 Å². The van der Waals surface area contributed by atoms with Crippen molar-refractivity contribution < 1.29 is 30.0 Å². The molecular formula is C33H36IrNO2S-. The first-order valence-electron chi connectivity index (χ1n) is 13.3. The van der Waals surface area contributed by atoms with Gasteiger partial charge in [-0.3, -0.25) is 9.78 Å². The van der Waals surface area contributed by atoms with Crippen molar-refractivity contribution in [1.29, 1.82) is 0 Å². The first-order valence-corrected chi connectivity index (χ1v) is 14.1. The molecule has 0 bridgehead atoms. The predicted molar refractivity (Wildman–Crippen MR) is 156 cm³/mol. The number of hydrogen-bond acceptors (Lipinski definition) is 4. The topological polar surface area (TPSA) is 50.2 Å². The number of aliphatic hydroxyl groups excluding tert-OH is 1. The van der Waals surface area contributed by atoms with Crippen LogP contribution in [0.5, 0.6) is 0 Å². The Bertz CT molecular complexity index is 1450. The summed E-state index contributed by atoms with van der Waals surface area (Å²) in [5, 5.41) is 14.8. The molecule has 1 radical (unpaired) electrons. The Morgan fingerprint density at radius 2 is 1.68 bits per heavy atom. The van der Waals surface area contributed by atoms with Crippen LogP contribution in [0.1, 0.15) is 60.3 Å². The number of hydrogen-bond donors (Lipinski definition) is 1. The summed E-state index contributed by atoms with van der Waals surface area (Å²) in [6, 6.07) is 22.7. The molecule has 0 aliphatic carbocycles. The maximum Gasteiger partial charge on any atom is 0.164 e. The minimum absolute atomic E-state index is 0. The van der Waals surface area contributed by atoms with Crippen LogP contribution >= 0.6 is 11.8 Å². The van der Waals surface area contributed by atoms with Crippen molar-refractivity contribution in [2.75, 3.05) is 0 Å². The molecule has 1 aliphatic rings. The van der Waals surface area contributed by atoms with Gasteiger partial charge in [0.15, 0.2) is 5.78 Å². The molecule has 5 rings (SSSR count). The fourth-order valence-corrected chi connectivity index (χ4v) is 5.86. The number of allylic oxidation sites excluding steroid dienone is 2. The maximum absolute atomic E-state index is 12.0. The van der Waals surface area contributed by atoms with Gasteiger partial charge in [0.2, 0.25) is 0 Å². The number of nitrogens with zero attached hydrogens (tertiary/aromatic N) is 1. The Hall–Kier alpha value is -2.46. The molecule has 4 aromatic rings. The van der Waals surface area contributed by atoms with Crippen LogP contribution in [-0.4, -0.2) is 15.9 Å². The molecule has 38 heavy (non-hydrogen) atoms. The minimum atomic E-state index is -0.319. The quantitative estimate of drug-likeness (QED) is 0.104. The Balaban J connectivity index is 0.000000215. The molecule has 0 fully saturated rings. The van der Waals surface area contributed by atoms with Crippen LogP contribution in [0.2, 0.25) is 0 Å². The molecule has 3 nitrogen and oxygen atoms in total. The summed E-state index contributed by atoms with van der Waals surface area (Å²) in [5.74, 6) is 0.437. The van der Waals surface area contributed by atoms with E-state index in [1.165, 1.54) is 32.0 Å². The van der Waals surface area contributed by atoms with Crippen molar-refractivity contribution in [3.05, 3.63) is 78.7 Å². The van der Waals surface area contributed by atoms with Gasteiger partial charge in [0, 0.05) is 54.3 Å². The Morgan fingerprint density at radius 1 is 1.00 bits per heavy atom. The monoisotopic (exact) mass is 703 g/mol. The van der Waals surface area contributed by atoms with E-state index in [1.807, 2.05) is 52.6 Å². The summed E-state index contributed by atoms with van der Waals surface area (Å²) in [4.78, 5) is 19.2. The summed E-state index contributed by atoms with van der Waals surface area (Å²) in [6.45, 7) is 10.1. The van der Waals surface area contributed by atoms with E-state index in [0.29, 0.717) is 0 Å². The maximum atomic E-state index is 12.0. The van der Waals surface area contributed by atoms with Crippen molar-refractivity contribution in [2.24, 2.45) is 11.3 Å².